The lowest BCUT2D eigenvalue weighted by molar-refractivity contribution is -0.0503. The van der Waals surface area contributed by atoms with Crippen LogP contribution in [0.15, 0.2) is 36.7 Å². The second kappa shape index (κ2) is 7.19. The number of H-pyrrole nitrogens is 1. The van der Waals surface area contributed by atoms with E-state index in [4.69, 9.17) is 5.26 Å². The van der Waals surface area contributed by atoms with Crippen LogP contribution in [0.2, 0.25) is 0 Å². The van der Waals surface area contributed by atoms with Gasteiger partial charge in [0.2, 0.25) is 0 Å². The van der Waals surface area contributed by atoms with Crippen LogP contribution in [0.4, 0.5) is 8.78 Å². The molecule has 0 radical (unpaired) electrons. The SMILES string of the molecule is Cc1cc(OC(F)F)c(CNC(=O)c2cc(C#N)ccn2)c2cc[nH]c12. The number of hydrogen-bond acceptors (Lipinski definition) is 4. The summed E-state index contributed by atoms with van der Waals surface area (Å²) in [6.07, 6.45) is 3.04. The first-order chi connectivity index (χ1) is 12.5. The zero-order valence-electron chi connectivity index (χ0n) is 13.7. The Hall–Kier alpha value is -3.47. The molecule has 0 aliphatic carbocycles. The van der Waals surface area contributed by atoms with E-state index >= 15 is 0 Å². The lowest BCUT2D eigenvalue weighted by Crippen LogP contribution is -2.24. The number of nitriles is 1. The Labute approximate surface area is 147 Å². The largest absolute Gasteiger partial charge is 0.434 e. The van der Waals surface area contributed by atoms with Crippen LogP contribution < -0.4 is 10.1 Å². The number of aromatic nitrogens is 2. The van der Waals surface area contributed by atoms with Crippen molar-refractivity contribution in [3.8, 4) is 11.8 Å². The van der Waals surface area contributed by atoms with Crippen molar-refractivity contribution >= 4 is 16.8 Å². The number of fused-ring (bicyclic) bond motifs is 1. The Morgan fingerprint density at radius 3 is 2.96 bits per heavy atom. The average Bonchev–Trinajstić information content (AvgIpc) is 3.11. The quantitative estimate of drug-likeness (QED) is 0.734. The molecule has 1 aromatic carbocycles. The van der Waals surface area contributed by atoms with Crippen molar-refractivity contribution in [2.45, 2.75) is 20.1 Å². The molecule has 0 aliphatic rings. The van der Waals surface area contributed by atoms with E-state index in [1.807, 2.05) is 6.07 Å². The molecule has 6 nitrogen and oxygen atoms in total. The smallest absolute Gasteiger partial charge is 0.387 e. The number of benzene rings is 1. The predicted octanol–water partition coefficient (Wildman–Crippen LogP) is 3.27. The third-order valence-electron chi connectivity index (χ3n) is 3.87. The van der Waals surface area contributed by atoms with Crippen LogP contribution in [0.3, 0.4) is 0 Å². The van der Waals surface area contributed by atoms with E-state index in [2.05, 4.69) is 20.0 Å². The molecule has 3 rings (SSSR count). The average molecular weight is 356 g/mol. The highest BCUT2D eigenvalue weighted by Crippen LogP contribution is 2.31. The van der Waals surface area contributed by atoms with Crippen LogP contribution in [-0.2, 0) is 6.54 Å². The minimum atomic E-state index is -2.98. The van der Waals surface area contributed by atoms with Crippen molar-refractivity contribution in [1.82, 2.24) is 15.3 Å². The Bertz CT molecular complexity index is 1010. The third kappa shape index (κ3) is 3.47. The van der Waals surface area contributed by atoms with Gasteiger partial charge in [0.05, 0.1) is 11.6 Å². The molecule has 0 unspecified atom stereocenters. The molecule has 0 aliphatic heterocycles. The first-order valence-corrected chi connectivity index (χ1v) is 7.68. The van der Waals surface area contributed by atoms with E-state index in [9.17, 15) is 13.6 Å². The number of aryl methyl sites for hydroxylation is 1. The number of carbonyl (C=O) groups is 1. The summed E-state index contributed by atoms with van der Waals surface area (Å²) in [5.41, 5.74) is 2.32. The summed E-state index contributed by atoms with van der Waals surface area (Å²) in [5, 5.41) is 12.2. The molecule has 0 atom stereocenters. The molecule has 0 saturated heterocycles. The third-order valence-corrected chi connectivity index (χ3v) is 3.87. The number of halogens is 2. The Morgan fingerprint density at radius 1 is 1.42 bits per heavy atom. The zero-order valence-corrected chi connectivity index (χ0v) is 13.7. The predicted molar refractivity (Wildman–Crippen MR) is 89.8 cm³/mol. The molecule has 26 heavy (non-hydrogen) atoms. The van der Waals surface area contributed by atoms with Gasteiger partial charge in [0.1, 0.15) is 11.4 Å². The standard InChI is InChI=1S/C18H14F2N4O2/c1-10-6-15(26-18(19)20)13(12-3-5-23-16(10)12)9-24-17(25)14-7-11(8-21)2-4-22-14/h2-7,18,23H,9H2,1H3,(H,24,25). The second-order valence-electron chi connectivity index (χ2n) is 5.54. The summed E-state index contributed by atoms with van der Waals surface area (Å²) in [7, 11) is 0. The Morgan fingerprint density at radius 2 is 2.23 bits per heavy atom. The summed E-state index contributed by atoms with van der Waals surface area (Å²) >= 11 is 0. The number of pyridine rings is 1. The fourth-order valence-corrected chi connectivity index (χ4v) is 2.70. The number of nitrogens with zero attached hydrogens (tertiary/aromatic N) is 2. The van der Waals surface area contributed by atoms with Gasteiger partial charge in [-0.1, -0.05) is 0 Å². The van der Waals surface area contributed by atoms with E-state index in [0.717, 1.165) is 11.1 Å². The first-order valence-electron chi connectivity index (χ1n) is 7.68. The summed E-state index contributed by atoms with van der Waals surface area (Å²) in [5.74, 6) is -0.516. The minimum Gasteiger partial charge on any atom is -0.434 e. The van der Waals surface area contributed by atoms with Crippen LogP contribution in [0, 0.1) is 18.3 Å². The summed E-state index contributed by atoms with van der Waals surface area (Å²) in [4.78, 5) is 19.2. The van der Waals surface area contributed by atoms with Gasteiger partial charge in [-0.3, -0.25) is 9.78 Å². The van der Waals surface area contributed by atoms with Gasteiger partial charge in [-0.2, -0.15) is 14.0 Å². The molecule has 0 saturated carbocycles. The monoisotopic (exact) mass is 356 g/mol. The van der Waals surface area contributed by atoms with Crippen molar-refractivity contribution in [1.29, 1.82) is 5.26 Å². The van der Waals surface area contributed by atoms with Crippen molar-refractivity contribution in [3.63, 3.8) is 0 Å². The highest BCUT2D eigenvalue weighted by Gasteiger charge is 2.17. The van der Waals surface area contributed by atoms with Crippen LogP contribution in [0.5, 0.6) is 5.75 Å². The Kier molecular flexibility index (Phi) is 4.80. The van der Waals surface area contributed by atoms with Gasteiger partial charge in [-0.25, -0.2) is 0 Å². The Balaban J connectivity index is 1.90. The fourth-order valence-electron chi connectivity index (χ4n) is 2.70. The topological polar surface area (TPSA) is 90.8 Å². The molecule has 132 valence electrons. The number of alkyl halides is 2. The van der Waals surface area contributed by atoms with Gasteiger partial charge >= 0.3 is 6.61 Å². The number of nitrogens with one attached hydrogen (secondary N) is 2. The van der Waals surface area contributed by atoms with E-state index in [0.29, 0.717) is 16.5 Å². The number of aromatic amines is 1. The number of ether oxygens (including phenoxy) is 1. The molecule has 2 N–H and O–H groups in total. The molecular weight excluding hydrogens is 342 g/mol. The summed E-state index contributed by atoms with van der Waals surface area (Å²) < 4.78 is 30.1. The fraction of sp³-hybridized carbons (Fsp3) is 0.167. The second-order valence-corrected chi connectivity index (χ2v) is 5.54. The summed E-state index contributed by atoms with van der Waals surface area (Å²) in [6, 6.07) is 7.99. The number of carbonyl (C=O) groups excluding carboxylic acids is 1. The number of amides is 1. The molecule has 0 spiro atoms. The van der Waals surface area contributed by atoms with Gasteiger partial charge in [0.15, 0.2) is 0 Å². The van der Waals surface area contributed by atoms with Gasteiger partial charge in [0, 0.05) is 35.4 Å². The van der Waals surface area contributed by atoms with E-state index in [1.165, 1.54) is 24.4 Å². The van der Waals surface area contributed by atoms with E-state index < -0.39 is 12.5 Å². The van der Waals surface area contributed by atoms with Crippen molar-refractivity contribution < 1.29 is 18.3 Å². The maximum atomic E-state index is 12.7. The van der Waals surface area contributed by atoms with Crippen LogP contribution in [0.1, 0.15) is 27.2 Å². The molecule has 2 aromatic heterocycles. The maximum Gasteiger partial charge on any atom is 0.387 e. The van der Waals surface area contributed by atoms with Crippen LogP contribution in [-0.4, -0.2) is 22.5 Å². The van der Waals surface area contributed by atoms with Gasteiger partial charge in [-0.05, 0) is 36.8 Å². The molecule has 1 amide bonds. The van der Waals surface area contributed by atoms with Crippen LogP contribution >= 0.6 is 0 Å². The van der Waals surface area contributed by atoms with Crippen LogP contribution in [0.25, 0.3) is 10.9 Å². The van der Waals surface area contributed by atoms with Gasteiger partial charge < -0.3 is 15.0 Å². The minimum absolute atomic E-state index is 0.00337. The number of hydrogen-bond donors (Lipinski definition) is 2. The molecule has 2 heterocycles. The molecule has 8 heteroatoms. The summed E-state index contributed by atoms with van der Waals surface area (Å²) in [6.45, 7) is -1.24. The molecule has 3 aromatic rings. The number of rotatable bonds is 5. The lowest BCUT2D eigenvalue weighted by atomic mass is 10.0. The zero-order chi connectivity index (χ0) is 18.7. The molecule has 0 bridgehead atoms. The van der Waals surface area contributed by atoms with Crippen molar-refractivity contribution in [2.24, 2.45) is 0 Å². The highest BCUT2D eigenvalue weighted by molar-refractivity contribution is 5.93. The van der Waals surface area contributed by atoms with Crippen molar-refractivity contribution in [2.75, 3.05) is 0 Å². The van der Waals surface area contributed by atoms with Crippen molar-refractivity contribution in [3.05, 3.63) is 59.0 Å². The van der Waals surface area contributed by atoms with Gasteiger partial charge in [-0.15, -0.1) is 0 Å². The molecular formula is C18H14F2N4O2. The maximum absolute atomic E-state index is 12.7. The molecule has 0 fully saturated rings. The van der Waals surface area contributed by atoms with Gasteiger partial charge in [0.25, 0.3) is 5.91 Å². The normalized spacial score (nSPS) is 10.7. The lowest BCUT2D eigenvalue weighted by Gasteiger charge is -2.14. The first kappa shape index (κ1) is 17.4. The van der Waals surface area contributed by atoms with E-state index in [-0.39, 0.29) is 18.0 Å². The highest BCUT2D eigenvalue weighted by atomic mass is 19.3. The van der Waals surface area contributed by atoms with E-state index in [1.54, 1.807) is 19.2 Å².